The number of rotatable bonds is 6. The van der Waals surface area contributed by atoms with E-state index in [9.17, 15) is 0 Å². The lowest BCUT2D eigenvalue weighted by Gasteiger charge is -2.28. The molecule has 18 heavy (non-hydrogen) atoms. The fourth-order valence-corrected chi connectivity index (χ4v) is 2.25. The standard InChI is InChI=1S/C14H23N3O/c1-18-14(13-5-3-2-4-6-13)16-9-12-17-10-7-15-8-11-17/h2-6,14-16H,7-12H2,1H3. The fourth-order valence-electron chi connectivity index (χ4n) is 2.25. The van der Waals surface area contributed by atoms with Crippen LogP contribution in [0.1, 0.15) is 11.8 Å². The summed E-state index contributed by atoms with van der Waals surface area (Å²) in [6.45, 7) is 6.52. The van der Waals surface area contributed by atoms with Crippen LogP contribution in [0.2, 0.25) is 0 Å². The van der Waals surface area contributed by atoms with Gasteiger partial charge in [0, 0.05) is 46.4 Å². The number of nitrogens with zero attached hydrogens (tertiary/aromatic N) is 1. The third kappa shape index (κ3) is 4.07. The van der Waals surface area contributed by atoms with Gasteiger partial charge < -0.3 is 10.1 Å². The highest BCUT2D eigenvalue weighted by Gasteiger charge is 2.11. The molecule has 0 bridgehead atoms. The molecule has 4 heteroatoms. The van der Waals surface area contributed by atoms with Crippen LogP contribution in [0.25, 0.3) is 0 Å². The summed E-state index contributed by atoms with van der Waals surface area (Å²) >= 11 is 0. The SMILES string of the molecule is COC(NCCN1CCNCC1)c1ccccc1. The predicted molar refractivity (Wildman–Crippen MR) is 73.5 cm³/mol. The molecule has 2 N–H and O–H groups in total. The third-order valence-electron chi connectivity index (χ3n) is 3.31. The quantitative estimate of drug-likeness (QED) is 0.732. The van der Waals surface area contributed by atoms with Crippen molar-refractivity contribution in [3.05, 3.63) is 35.9 Å². The minimum absolute atomic E-state index is 0.00545. The maximum Gasteiger partial charge on any atom is 0.133 e. The van der Waals surface area contributed by atoms with E-state index in [1.165, 1.54) is 5.56 Å². The van der Waals surface area contributed by atoms with Crippen LogP contribution in [0.5, 0.6) is 0 Å². The van der Waals surface area contributed by atoms with E-state index < -0.39 is 0 Å². The molecule has 1 aliphatic heterocycles. The van der Waals surface area contributed by atoms with Gasteiger partial charge in [0.2, 0.25) is 0 Å². The molecule has 1 saturated heterocycles. The van der Waals surface area contributed by atoms with E-state index in [-0.39, 0.29) is 6.23 Å². The predicted octanol–water partition coefficient (Wildman–Crippen LogP) is 0.826. The maximum absolute atomic E-state index is 5.48. The van der Waals surface area contributed by atoms with Crippen molar-refractivity contribution in [3.8, 4) is 0 Å². The Hall–Kier alpha value is -0.940. The molecule has 0 spiro atoms. The zero-order valence-electron chi connectivity index (χ0n) is 11.1. The first kappa shape index (κ1) is 13.5. The maximum atomic E-state index is 5.48. The summed E-state index contributed by atoms with van der Waals surface area (Å²) in [4.78, 5) is 2.47. The summed E-state index contributed by atoms with van der Waals surface area (Å²) in [7, 11) is 1.75. The number of nitrogens with one attached hydrogen (secondary N) is 2. The Morgan fingerprint density at radius 3 is 2.67 bits per heavy atom. The van der Waals surface area contributed by atoms with Crippen LogP contribution in [0.3, 0.4) is 0 Å². The Bertz CT molecular complexity index is 325. The number of benzene rings is 1. The molecule has 2 rings (SSSR count). The smallest absolute Gasteiger partial charge is 0.133 e. The zero-order chi connectivity index (χ0) is 12.6. The fraction of sp³-hybridized carbons (Fsp3) is 0.571. The van der Waals surface area contributed by atoms with E-state index in [0.29, 0.717) is 0 Å². The van der Waals surface area contributed by atoms with Crippen LogP contribution in [-0.4, -0.2) is 51.3 Å². The van der Waals surface area contributed by atoms with Gasteiger partial charge >= 0.3 is 0 Å². The van der Waals surface area contributed by atoms with Crippen molar-refractivity contribution >= 4 is 0 Å². The van der Waals surface area contributed by atoms with Gasteiger partial charge in [0.25, 0.3) is 0 Å². The van der Waals surface area contributed by atoms with Crippen LogP contribution in [0, 0.1) is 0 Å². The Labute approximate surface area is 109 Å². The molecule has 1 heterocycles. The van der Waals surface area contributed by atoms with Gasteiger partial charge in [-0.15, -0.1) is 0 Å². The first-order valence-corrected chi connectivity index (χ1v) is 6.64. The number of hydrogen-bond donors (Lipinski definition) is 2. The Kier molecular flexibility index (Phi) is 5.61. The van der Waals surface area contributed by atoms with Crippen molar-refractivity contribution in [1.29, 1.82) is 0 Å². The van der Waals surface area contributed by atoms with Gasteiger partial charge in [-0.2, -0.15) is 0 Å². The lowest BCUT2D eigenvalue weighted by Crippen LogP contribution is -2.46. The van der Waals surface area contributed by atoms with E-state index in [4.69, 9.17) is 4.74 Å². The first-order chi connectivity index (χ1) is 8.90. The Morgan fingerprint density at radius 2 is 2.00 bits per heavy atom. The molecule has 0 saturated carbocycles. The van der Waals surface area contributed by atoms with E-state index >= 15 is 0 Å². The summed E-state index contributed by atoms with van der Waals surface area (Å²) in [5.41, 5.74) is 1.18. The molecule has 4 nitrogen and oxygen atoms in total. The van der Waals surface area contributed by atoms with Crippen molar-refractivity contribution in [2.24, 2.45) is 0 Å². The number of hydrogen-bond acceptors (Lipinski definition) is 4. The van der Waals surface area contributed by atoms with Crippen molar-refractivity contribution in [2.45, 2.75) is 6.23 Å². The van der Waals surface area contributed by atoms with Gasteiger partial charge in [-0.25, -0.2) is 0 Å². The third-order valence-corrected chi connectivity index (χ3v) is 3.31. The Morgan fingerprint density at radius 1 is 1.28 bits per heavy atom. The van der Waals surface area contributed by atoms with Gasteiger partial charge in [-0.1, -0.05) is 30.3 Å². The molecule has 1 atom stereocenters. The summed E-state index contributed by atoms with van der Waals surface area (Å²) in [5.74, 6) is 0. The van der Waals surface area contributed by atoms with Crippen LogP contribution in [-0.2, 0) is 4.74 Å². The van der Waals surface area contributed by atoms with Gasteiger partial charge in [0.1, 0.15) is 6.23 Å². The van der Waals surface area contributed by atoms with E-state index in [1.807, 2.05) is 18.2 Å². The highest BCUT2D eigenvalue weighted by molar-refractivity contribution is 5.16. The normalized spacial score (nSPS) is 18.7. The summed E-state index contributed by atoms with van der Waals surface area (Å²) in [5, 5.41) is 6.81. The number of piperazine rings is 1. The Balaban J connectivity index is 1.73. The first-order valence-electron chi connectivity index (χ1n) is 6.64. The lowest BCUT2D eigenvalue weighted by atomic mass is 10.2. The summed E-state index contributed by atoms with van der Waals surface area (Å²) in [6, 6.07) is 10.3. The van der Waals surface area contributed by atoms with Crippen LogP contribution in [0.15, 0.2) is 30.3 Å². The molecule has 1 aromatic rings. The molecular weight excluding hydrogens is 226 g/mol. The highest BCUT2D eigenvalue weighted by Crippen LogP contribution is 2.12. The lowest BCUT2D eigenvalue weighted by molar-refractivity contribution is 0.0704. The van der Waals surface area contributed by atoms with Gasteiger partial charge in [0.15, 0.2) is 0 Å². The van der Waals surface area contributed by atoms with Crippen LogP contribution >= 0.6 is 0 Å². The average molecular weight is 249 g/mol. The van der Waals surface area contributed by atoms with Crippen molar-refractivity contribution in [1.82, 2.24) is 15.5 Å². The summed E-state index contributed by atoms with van der Waals surface area (Å²) in [6.07, 6.45) is -0.00545. The van der Waals surface area contributed by atoms with Gasteiger partial charge in [-0.05, 0) is 5.56 Å². The van der Waals surface area contributed by atoms with E-state index in [0.717, 1.165) is 39.3 Å². The molecule has 0 amide bonds. The zero-order valence-corrected chi connectivity index (χ0v) is 11.1. The highest BCUT2D eigenvalue weighted by atomic mass is 16.5. The molecule has 100 valence electrons. The largest absolute Gasteiger partial charge is 0.362 e. The molecule has 0 aliphatic carbocycles. The van der Waals surface area contributed by atoms with Crippen molar-refractivity contribution < 1.29 is 4.74 Å². The minimum atomic E-state index is -0.00545. The molecule has 1 unspecified atom stereocenters. The number of methoxy groups -OCH3 is 1. The second kappa shape index (κ2) is 7.48. The second-order valence-electron chi connectivity index (χ2n) is 4.57. The van der Waals surface area contributed by atoms with Crippen LogP contribution < -0.4 is 10.6 Å². The van der Waals surface area contributed by atoms with Gasteiger partial charge in [-0.3, -0.25) is 10.2 Å². The molecule has 0 radical (unpaired) electrons. The minimum Gasteiger partial charge on any atom is -0.362 e. The number of ether oxygens (including phenoxy) is 1. The monoisotopic (exact) mass is 249 g/mol. The molecule has 1 aliphatic rings. The topological polar surface area (TPSA) is 36.5 Å². The van der Waals surface area contributed by atoms with Crippen LogP contribution in [0.4, 0.5) is 0 Å². The molecule has 1 fully saturated rings. The molecule has 0 aromatic heterocycles. The van der Waals surface area contributed by atoms with Crippen molar-refractivity contribution in [2.75, 3.05) is 46.4 Å². The average Bonchev–Trinajstić information content (AvgIpc) is 2.46. The second-order valence-corrected chi connectivity index (χ2v) is 4.57. The van der Waals surface area contributed by atoms with E-state index in [2.05, 4.69) is 27.7 Å². The summed E-state index contributed by atoms with van der Waals surface area (Å²) < 4.78 is 5.48. The van der Waals surface area contributed by atoms with Crippen molar-refractivity contribution in [3.63, 3.8) is 0 Å². The van der Waals surface area contributed by atoms with E-state index in [1.54, 1.807) is 7.11 Å². The molecular formula is C14H23N3O. The van der Waals surface area contributed by atoms with Gasteiger partial charge in [0.05, 0.1) is 0 Å². The molecule has 1 aromatic carbocycles.